The van der Waals surface area contributed by atoms with E-state index in [4.69, 9.17) is 5.73 Å². The highest BCUT2D eigenvalue weighted by Crippen LogP contribution is 2.42. The SMILES string of the molecule is CCC1CCC(C)N1CC1(CN)CCC1. The molecular weight excluding hydrogens is 184 g/mol. The molecule has 88 valence electrons. The standard InChI is InChI=1S/C13H26N2/c1-3-12-6-5-11(2)15(12)10-13(9-14)7-4-8-13/h11-12H,3-10,14H2,1-2H3. The van der Waals surface area contributed by atoms with Gasteiger partial charge in [0.05, 0.1) is 0 Å². The largest absolute Gasteiger partial charge is 0.330 e. The van der Waals surface area contributed by atoms with E-state index in [0.29, 0.717) is 5.41 Å². The maximum absolute atomic E-state index is 5.95. The fraction of sp³-hybridized carbons (Fsp3) is 1.00. The summed E-state index contributed by atoms with van der Waals surface area (Å²) < 4.78 is 0. The smallest absolute Gasteiger partial charge is 0.00962 e. The van der Waals surface area contributed by atoms with Crippen molar-refractivity contribution in [1.82, 2.24) is 4.90 Å². The van der Waals surface area contributed by atoms with Crippen LogP contribution in [0.5, 0.6) is 0 Å². The Morgan fingerprint density at radius 1 is 1.33 bits per heavy atom. The van der Waals surface area contributed by atoms with Gasteiger partial charge in [0.2, 0.25) is 0 Å². The molecule has 2 heteroatoms. The highest BCUT2D eigenvalue weighted by Gasteiger charge is 2.41. The fourth-order valence-electron chi connectivity index (χ4n) is 3.34. The molecule has 2 aliphatic rings. The zero-order valence-corrected chi connectivity index (χ0v) is 10.3. The molecule has 0 aromatic rings. The van der Waals surface area contributed by atoms with Gasteiger partial charge in [-0.15, -0.1) is 0 Å². The fourth-order valence-corrected chi connectivity index (χ4v) is 3.34. The van der Waals surface area contributed by atoms with Gasteiger partial charge in [0.1, 0.15) is 0 Å². The average molecular weight is 210 g/mol. The third-order valence-electron chi connectivity index (χ3n) is 4.79. The Labute approximate surface area is 94.2 Å². The predicted molar refractivity (Wildman–Crippen MR) is 64.8 cm³/mol. The van der Waals surface area contributed by atoms with E-state index in [9.17, 15) is 0 Å². The zero-order valence-electron chi connectivity index (χ0n) is 10.3. The number of hydrogen-bond acceptors (Lipinski definition) is 2. The van der Waals surface area contributed by atoms with Crippen molar-refractivity contribution in [3.05, 3.63) is 0 Å². The van der Waals surface area contributed by atoms with Crippen LogP contribution in [0.1, 0.15) is 52.4 Å². The molecule has 2 fully saturated rings. The van der Waals surface area contributed by atoms with Gasteiger partial charge in [0.15, 0.2) is 0 Å². The summed E-state index contributed by atoms with van der Waals surface area (Å²) >= 11 is 0. The van der Waals surface area contributed by atoms with E-state index < -0.39 is 0 Å². The molecule has 1 aliphatic heterocycles. The minimum absolute atomic E-state index is 0.492. The molecule has 0 amide bonds. The minimum Gasteiger partial charge on any atom is -0.330 e. The lowest BCUT2D eigenvalue weighted by Crippen LogP contribution is -2.50. The number of hydrogen-bond donors (Lipinski definition) is 1. The Kier molecular flexibility index (Phi) is 3.36. The van der Waals surface area contributed by atoms with Gasteiger partial charge < -0.3 is 5.73 Å². The van der Waals surface area contributed by atoms with E-state index >= 15 is 0 Å². The Balaban J connectivity index is 1.96. The van der Waals surface area contributed by atoms with Crippen LogP contribution in [0.4, 0.5) is 0 Å². The molecular formula is C13H26N2. The summed E-state index contributed by atoms with van der Waals surface area (Å²) in [7, 11) is 0. The topological polar surface area (TPSA) is 29.3 Å². The summed E-state index contributed by atoms with van der Waals surface area (Å²) in [6, 6.07) is 1.63. The van der Waals surface area contributed by atoms with Crippen LogP contribution in [-0.2, 0) is 0 Å². The molecule has 2 atom stereocenters. The van der Waals surface area contributed by atoms with E-state index in [1.54, 1.807) is 0 Å². The van der Waals surface area contributed by atoms with Gasteiger partial charge in [0, 0.05) is 18.6 Å². The van der Waals surface area contributed by atoms with Crippen LogP contribution in [0.3, 0.4) is 0 Å². The van der Waals surface area contributed by atoms with E-state index in [2.05, 4.69) is 18.7 Å². The van der Waals surface area contributed by atoms with Crippen LogP contribution < -0.4 is 5.73 Å². The number of nitrogens with zero attached hydrogens (tertiary/aromatic N) is 1. The number of likely N-dealkylation sites (tertiary alicyclic amines) is 1. The molecule has 2 rings (SSSR count). The summed E-state index contributed by atoms with van der Waals surface area (Å²) in [5.74, 6) is 0. The van der Waals surface area contributed by atoms with Gasteiger partial charge in [-0.3, -0.25) is 4.90 Å². The maximum atomic E-state index is 5.95. The Bertz CT molecular complexity index is 205. The maximum Gasteiger partial charge on any atom is 0.00962 e. The normalized spacial score (nSPS) is 35.4. The second-order valence-electron chi connectivity index (χ2n) is 5.72. The van der Waals surface area contributed by atoms with Crippen LogP contribution in [0.15, 0.2) is 0 Å². The number of rotatable bonds is 4. The highest BCUT2D eigenvalue weighted by molar-refractivity contribution is 4.95. The molecule has 0 aromatic heterocycles. The quantitative estimate of drug-likeness (QED) is 0.772. The molecule has 2 unspecified atom stereocenters. The van der Waals surface area contributed by atoms with Crippen LogP contribution in [0, 0.1) is 5.41 Å². The first-order chi connectivity index (χ1) is 7.21. The van der Waals surface area contributed by atoms with E-state index in [1.807, 2.05) is 0 Å². The highest BCUT2D eigenvalue weighted by atomic mass is 15.2. The predicted octanol–water partition coefficient (Wildman–Crippen LogP) is 2.38. The van der Waals surface area contributed by atoms with E-state index in [-0.39, 0.29) is 0 Å². The van der Waals surface area contributed by atoms with Crippen LogP contribution in [-0.4, -0.2) is 30.1 Å². The van der Waals surface area contributed by atoms with Gasteiger partial charge in [-0.2, -0.15) is 0 Å². The number of nitrogens with two attached hydrogens (primary N) is 1. The average Bonchev–Trinajstić information content (AvgIpc) is 2.53. The Morgan fingerprint density at radius 2 is 2.07 bits per heavy atom. The monoisotopic (exact) mass is 210 g/mol. The van der Waals surface area contributed by atoms with Crippen molar-refractivity contribution in [2.24, 2.45) is 11.1 Å². The van der Waals surface area contributed by atoms with Gasteiger partial charge in [-0.1, -0.05) is 13.3 Å². The molecule has 2 N–H and O–H groups in total. The molecule has 0 aromatic carbocycles. The lowest BCUT2D eigenvalue weighted by molar-refractivity contribution is 0.0504. The van der Waals surface area contributed by atoms with Crippen molar-refractivity contribution < 1.29 is 0 Å². The molecule has 1 aliphatic carbocycles. The van der Waals surface area contributed by atoms with Crippen LogP contribution in [0.25, 0.3) is 0 Å². The van der Waals surface area contributed by atoms with Gasteiger partial charge >= 0.3 is 0 Å². The van der Waals surface area contributed by atoms with Gasteiger partial charge in [-0.05, 0) is 51.0 Å². The molecule has 0 radical (unpaired) electrons. The first-order valence-electron chi connectivity index (χ1n) is 6.66. The third-order valence-corrected chi connectivity index (χ3v) is 4.79. The molecule has 15 heavy (non-hydrogen) atoms. The van der Waals surface area contributed by atoms with Gasteiger partial charge in [0.25, 0.3) is 0 Å². The summed E-state index contributed by atoms with van der Waals surface area (Å²) in [6.07, 6.45) is 8.23. The van der Waals surface area contributed by atoms with Crippen molar-refractivity contribution in [3.8, 4) is 0 Å². The van der Waals surface area contributed by atoms with Crippen molar-refractivity contribution in [1.29, 1.82) is 0 Å². The van der Waals surface area contributed by atoms with Crippen LogP contribution in [0.2, 0.25) is 0 Å². The Morgan fingerprint density at radius 3 is 2.53 bits per heavy atom. The van der Waals surface area contributed by atoms with Crippen molar-refractivity contribution >= 4 is 0 Å². The lowest BCUT2D eigenvalue weighted by Gasteiger charge is -2.46. The summed E-state index contributed by atoms with van der Waals surface area (Å²) in [5, 5.41) is 0. The summed E-state index contributed by atoms with van der Waals surface area (Å²) in [6.45, 7) is 6.87. The molecule has 0 spiro atoms. The molecule has 2 nitrogen and oxygen atoms in total. The second kappa shape index (κ2) is 4.42. The Hall–Kier alpha value is -0.0800. The first-order valence-corrected chi connectivity index (χ1v) is 6.66. The minimum atomic E-state index is 0.492. The second-order valence-corrected chi connectivity index (χ2v) is 5.72. The molecule has 1 heterocycles. The van der Waals surface area contributed by atoms with Crippen molar-refractivity contribution in [3.63, 3.8) is 0 Å². The summed E-state index contributed by atoms with van der Waals surface area (Å²) in [5.41, 5.74) is 6.44. The van der Waals surface area contributed by atoms with Crippen LogP contribution >= 0.6 is 0 Å². The lowest BCUT2D eigenvalue weighted by atomic mass is 9.68. The first kappa shape index (κ1) is 11.4. The van der Waals surface area contributed by atoms with Gasteiger partial charge in [-0.25, -0.2) is 0 Å². The van der Waals surface area contributed by atoms with Crippen molar-refractivity contribution in [2.75, 3.05) is 13.1 Å². The van der Waals surface area contributed by atoms with E-state index in [1.165, 1.54) is 45.1 Å². The zero-order chi connectivity index (χ0) is 10.9. The third kappa shape index (κ3) is 2.07. The molecule has 0 bridgehead atoms. The van der Waals surface area contributed by atoms with Crippen molar-refractivity contribution in [2.45, 2.75) is 64.5 Å². The van der Waals surface area contributed by atoms with E-state index in [0.717, 1.165) is 18.6 Å². The molecule has 1 saturated heterocycles. The summed E-state index contributed by atoms with van der Waals surface area (Å²) in [4.78, 5) is 2.74. The molecule has 1 saturated carbocycles.